The van der Waals surface area contributed by atoms with Crippen LogP contribution in [0.5, 0.6) is 0 Å². The Morgan fingerprint density at radius 1 is 1.24 bits per heavy atom. The first-order valence-electron chi connectivity index (χ1n) is 7.03. The number of rotatable bonds is 10. The fraction of sp³-hybridized carbons (Fsp3) is 0.571. The van der Waals surface area contributed by atoms with Gasteiger partial charge in [0.25, 0.3) is 0 Å². The minimum absolute atomic E-state index is 0.0765. The second-order valence-electron chi connectivity index (χ2n) is 4.83. The standard InChI is InChI=1S/C14H24N4O3/c1-4-15-12-6-5-7-13(14(12)18(19)20)16-8-10-21-11-9-17(2)3/h5-7,15-16H,4,8-11H2,1-3H3. The third kappa shape index (κ3) is 5.97. The monoisotopic (exact) mass is 296 g/mol. The highest BCUT2D eigenvalue weighted by atomic mass is 16.6. The van der Waals surface area contributed by atoms with Gasteiger partial charge in [0.15, 0.2) is 0 Å². The number of nitrogens with one attached hydrogen (secondary N) is 2. The molecule has 0 heterocycles. The lowest BCUT2D eigenvalue weighted by molar-refractivity contribution is -0.383. The average molecular weight is 296 g/mol. The molecule has 0 amide bonds. The van der Waals surface area contributed by atoms with E-state index in [1.807, 2.05) is 25.9 Å². The van der Waals surface area contributed by atoms with Gasteiger partial charge in [0.2, 0.25) is 0 Å². The van der Waals surface area contributed by atoms with Gasteiger partial charge in [-0.25, -0.2) is 0 Å². The van der Waals surface area contributed by atoms with Crippen molar-refractivity contribution in [3.8, 4) is 0 Å². The quantitative estimate of drug-likeness (QED) is 0.390. The molecule has 1 rings (SSSR count). The van der Waals surface area contributed by atoms with E-state index in [-0.39, 0.29) is 10.6 Å². The molecule has 0 saturated heterocycles. The lowest BCUT2D eigenvalue weighted by Gasteiger charge is -2.12. The molecule has 0 unspecified atom stereocenters. The van der Waals surface area contributed by atoms with Crippen LogP contribution in [0.3, 0.4) is 0 Å². The van der Waals surface area contributed by atoms with Crippen LogP contribution in [0.15, 0.2) is 18.2 Å². The Balaban J connectivity index is 2.54. The molecule has 0 aliphatic carbocycles. The van der Waals surface area contributed by atoms with Gasteiger partial charge in [-0.3, -0.25) is 10.1 Å². The van der Waals surface area contributed by atoms with Gasteiger partial charge in [0.1, 0.15) is 11.4 Å². The van der Waals surface area contributed by atoms with Crippen molar-refractivity contribution in [3.05, 3.63) is 28.3 Å². The van der Waals surface area contributed by atoms with Crippen molar-refractivity contribution in [2.75, 3.05) is 57.6 Å². The molecular weight excluding hydrogens is 272 g/mol. The van der Waals surface area contributed by atoms with Crippen molar-refractivity contribution in [1.82, 2.24) is 4.90 Å². The highest BCUT2D eigenvalue weighted by Gasteiger charge is 2.18. The fourth-order valence-electron chi connectivity index (χ4n) is 1.82. The van der Waals surface area contributed by atoms with E-state index in [1.54, 1.807) is 18.2 Å². The lowest BCUT2D eigenvalue weighted by Crippen LogP contribution is -2.20. The van der Waals surface area contributed by atoms with E-state index in [4.69, 9.17) is 4.74 Å². The molecule has 2 N–H and O–H groups in total. The summed E-state index contributed by atoms with van der Waals surface area (Å²) in [5.74, 6) is 0. The number of nitro groups is 1. The van der Waals surface area contributed by atoms with Crippen LogP contribution in [-0.2, 0) is 4.74 Å². The van der Waals surface area contributed by atoms with Crippen LogP contribution in [0.1, 0.15) is 6.92 Å². The van der Waals surface area contributed by atoms with Crippen molar-refractivity contribution in [2.24, 2.45) is 0 Å². The Morgan fingerprint density at radius 2 is 1.90 bits per heavy atom. The number of nitrogens with zero attached hydrogens (tertiary/aromatic N) is 2. The van der Waals surface area contributed by atoms with Crippen molar-refractivity contribution in [2.45, 2.75) is 6.92 Å². The van der Waals surface area contributed by atoms with E-state index < -0.39 is 0 Å². The minimum Gasteiger partial charge on any atom is -0.380 e. The van der Waals surface area contributed by atoms with Gasteiger partial charge < -0.3 is 20.3 Å². The summed E-state index contributed by atoms with van der Waals surface area (Å²) in [4.78, 5) is 12.9. The van der Waals surface area contributed by atoms with Gasteiger partial charge in [-0.2, -0.15) is 0 Å². The van der Waals surface area contributed by atoms with Crippen LogP contribution >= 0.6 is 0 Å². The zero-order valence-electron chi connectivity index (χ0n) is 12.9. The zero-order chi connectivity index (χ0) is 15.7. The van der Waals surface area contributed by atoms with Gasteiger partial charge >= 0.3 is 5.69 Å². The van der Waals surface area contributed by atoms with E-state index in [9.17, 15) is 10.1 Å². The average Bonchev–Trinajstić information content (AvgIpc) is 2.42. The SMILES string of the molecule is CCNc1cccc(NCCOCCN(C)C)c1[N+](=O)[O-]. The number of hydrogen-bond acceptors (Lipinski definition) is 6. The Morgan fingerprint density at radius 3 is 2.48 bits per heavy atom. The molecule has 0 saturated carbocycles. The largest absolute Gasteiger partial charge is 0.380 e. The third-order valence-corrected chi connectivity index (χ3v) is 2.83. The van der Waals surface area contributed by atoms with E-state index in [0.717, 1.165) is 6.54 Å². The first kappa shape index (κ1) is 17.2. The second-order valence-corrected chi connectivity index (χ2v) is 4.83. The molecule has 0 fully saturated rings. The zero-order valence-corrected chi connectivity index (χ0v) is 12.9. The number of likely N-dealkylation sites (N-methyl/N-ethyl adjacent to an activating group) is 1. The molecule has 0 aliphatic rings. The predicted octanol–water partition coefficient (Wildman–Crippen LogP) is 2.02. The van der Waals surface area contributed by atoms with Crippen LogP contribution in [0.2, 0.25) is 0 Å². The Bertz CT molecular complexity index is 452. The first-order chi connectivity index (χ1) is 10.1. The Hall–Kier alpha value is -1.86. The van der Waals surface area contributed by atoms with Crippen LogP contribution in [0.25, 0.3) is 0 Å². The molecule has 0 aromatic heterocycles. The Labute approximate surface area is 125 Å². The molecule has 1 aromatic rings. The topological polar surface area (TPSA) is 79.7 Å². The summed E-state index contributed by atoms with van der Waals surface area (Å²) < 4.78 is 5.45. The highest BCUT2D eigenvalue weighted by molar-refractivity contribution is 5.76. The number of benzene rings is 1. The van der Waals surface area contributed by atoms with E-state index in [1.165, 1.54) is 0 Å². The molecular formula is C14H24N4O3. The summed E-state index contributed by atoms with van der Waals surface area (Å²) in [5, 5.41) is 17.3. The van der Waals surface area contributed by atoms with Crippen molar-refractivity contribution < 1.29 is 9.66 Å². The predicted molar refractivity (Wildman–Crippen MR) is 85.1 cm³/mol. The lowest BCUT2D eigenvalue weighted by atomic mass is 10.2. The number of nitro benzene ring substituents is 1. The maximum Gasteiger partial charge on any atom is 0.315 e. The molecule has 0 radical (unpaired) electrons. The summed E-state index contributed by atoms with van der Waals surface area (Å²) >= 11 is 0. The molecule has 0 atom stereocenters. The molecule has 7 heteroatoms. The Kier molecular flexibility index (Phi) is 7.49. The minimum atomic E-state index is -0.368. The molecule has 118 valence electrons. The summed E-state index contributed by atoms with van der Waals surface area (Å²) in [6.07, 6.45) is 0. The molecule has 0 bridgehead atoms. The fourth-order valence-corrected chi connectivity index (χ4v) is 1.82. The second kappa shape index (κ2) is 9.15. The van der Waals surface area contributed by atoms with Gasteiger partial charge in [0, 0.05) is 19.6 Å². The van der Waals surface area contributed by atoms with Gasteiger partial charge in [0.05, 0.1) is 18.1 Å². The van der Waals surface area contributed by atoms with E-state index >= 15 is 0 Å². The molecule has 7 nitrogen and oxygen atoms in total. The van der Waals surface area contributed by atoms with Crippen LogP contribution < -0.4 is 10.6 Å². The van der Waals surface area contributed by atoms with Crippen LogP contribution in [0, 0.1) is 10.1 Å². The molecule has 1 aromatic carbocycles. The van der Waals surface area contributed by atoms with Crippen molar-refractivity contribution in [1.29, 1.82) is 0 Å². The molecule has 0 spiro atoms. The van der Waals surface area contributed by atoms with Gasteiger partial charge in [-0.1, -0.05) is 6.07 Å². The van der Waals surface area contributed by atoms with E-state index in [2.05, 4.69) is 10.6 Å². The van der Waals surface area contributed by atoms with Crippen molar-refractivity contribution in [3.63, 3.8) is 0 Å². The maximum atomic E-state index is 11.2. The van der Waals surface area contributed by atoms with E-state index in [0.29, 0.717) is 37.7 Å². The molecule has 0 aliphatic heterocycles. The van der Waals surface area contributed by atoms with Crippen molar-refractivity contribution >= 4 is 17.1 Å². The van der Waals surface area contributed by atoms with Gasteiger partial charge in [-0.05, 0) is 33.2 Å². The maximum absolute atomic E-state index is 11.2. The first-order valence-corrected chi connectivity index (χ1v) is 7.03. The highest BCUT2D eigenvalue weighted by Crippen LogP contribution is 2.32. The number of anilines is 2. The molecule has 21 heavy (non-hydrogen) atoms. The van der Waals surface area contributed by atoms with Crippen LogP contribution in [0.4, 0.5) is 17.1 Å². The number of hydrogen-bond donors (Lipinski definition) is 2. The number of ether oxygens (including phenoxy) is 1. The smallest absolute Gasteiger partial charge is 0.315 e. The number of para-hydroxylation sites is 1. The third-order valence-electron chi connectivity index (χ3n) is 2.83. The summed E-state index contributed by atoms with van der Waals surface area (Å²) in [5.41, 5.74) is 1.11. The normalized spacial score (nSPS) is 10.7. The summed E-state index contributed by atoms with van der Waals surface area (Å²) in [7, 11) is 3.97. The summed E-state index contributed by atoms with van der Waals surface area (Å²) in [6.45, 7) is 5.09. The van der Waals surface area contributed by atoms with Gasteiger partial charge in [-0.15, -0.1) is 0 Å². The van der Waals surface area contributed by atoms with Crippen LogP contribution in [-0.4, -0.2) is 56.8 Å². The summed E-state index contributed by atoms with van der Waals surface area (Å²) in [6, 6.07) is 5.21.